The van der Waals surface area contributed by atoms with E-state index in [1.54, 1.807) is 32.6 Å². The Kier molecular flexibility index (Phi) is 10.1. The van der Waals surface area contributed by atoms with Crippen molar-refractivity contribution in [1.82, 2.24) is 20.5 Å². The highest BCUT2D eigenvalue weighted by Gasteiger charge is 2.33. The molecule has 3 heterocycles. The fraction of sp³-hybridized carbons (Fsp3) is 0.265. The average Bonchev–Trinajstić information content (AvgIpc) is 3.05. The number of carbonyl (C=O) groups is 2. The maximum Gasteiger partial charge on any atom is 0.573 e. The van der Waals surface area contributed by atoms with Crippen LogP contribution in [0.15, 0.2) is 91.3 Å². The highest BCUT2D eigenvalue weighted by Crippen LogP contribution is 2.30. The third kappa shape index (κ3) is 8.54. The van der Waals surface area contributed by atoms with Gasteiger partial charge in [-0.2, -0.15) is 0 Å². The molecule has 240 valence electrons. The predicted octanol–water partition coefficient (Wildman–Crippen LogP) is 5.13. The van der Waals surface area contributed by atoms with Gasteiger partial charge < -0.3 is 30.3 Å². The van der Waals surface area contributed by atoms with Crippen LogP contribution in [-0.4, -0.2) is 54.3 Å². The molecule has 46 heavy (non-hydrogen) atoms. The second-order valence-corrected chi connectivity index (χ2v) is 10.9. The fourth-order valence-corrected chi connectivity index (χ4v) is 5.23. The van der Waals surface area contributed by atoms with Crippen molar-refractivity contribution in [3.05, 3.63) is 114 Å². The van der Waals surface area contributed by atoms with Crippen molar-refractivity contribution < 1.29 is 32.2 Å². The lowest BCUT2D eigenvalue weighted by Crippen LogP contribution is -2.54. The zero-order valence-corrected chi connectivity index (χ0v) is 25.3. The Balaban J connectivity index is 1.42. The number of benzene rings is 3. The molecule has 2 aliphatic rings. The molecular formula is C34H34F3N5O4. The molecule has 0 radical (unpaired) electrons. The molecular weight excluding hydrogens is 599 g/mol. The van der Waals surface area contributed by atoms with E-state index in [9.17, 15) is 22.8 Å². The number of ether oxygens (including phenoxy) is 2. The third-order valence-electron chi connectivity index (χ3n) is 7.71. The van der Waals surface area contributed by atoms with Crippen LogP contribution in [0.4, 0.5) is 24.5 Å². The average molecular weight is 634 g/mol. The van der Waals surface area contributed by atoms with E-state index in [2.05, 4.69) is 25.7 Å². The van der Waals surface area contributed by atoms with Crippen LogP contribution in [0, 0.1) is 0 Å². The van der Waals surface area contributed by atoms with Crippen LogP contribution in [0.5, 0.6) is 11.5 Å². The zero-order valence-electron chi connectivity index (χ0n) is 25.3. The van der Waals surface area contributed by atoms with Crippen molar-refractivity contribution in [3.63, 3.8) is 0 Å². The predicted molar refractivity (Wildman–Crippen MR) is 167 cm³/mol. The van der Waals surface area contributed by atoms with Crippen LogP contribution in [0.2, 0.25) is 0 Å². The lowest BCUT2D eigenvalue weighted by molar-refractivity contribution is -0.274. The number of hydrogen-bond donors (Lipinski definition) is 3. The van der Waals surface area contributed by atoms with Crippen molar-refractivity contribution in [2.75, 3.05) is 19.5 Å². The van der Waals surface area contributed by atoms with Gasteiger partial charge in [-0.05, 0) is 77.2 Å². The number of hydrogen-bond acceptors (Lipinski definition) is 7. The molecule has 0 aliphatic carbocycles. The van der Waals surface area contributed by atoms with Gasteiger partial charge >= 0.3 is 6.36 Å². The third-order valence-corrected chi connectivity index (χ3v) is 7.71. The van der Waals surface area contributed by atoms with Gasteiger partial charge in [0.2, 0.25) is 11.8 Å². The van der Waals surface area contributed by atoms with Gasteiger partial charge in [0.1, 0.15) is 17.5 Å². The first kappa shape index (κ1) is 32.3. The summed E-state index contributed by atoms with van der Waals surface area (Å²) in [7, 11) is 3.18. The van der Waals surface area contributed by atoms with Crippen LogP contribution >= 0.6 is 0 Å². The van der Waals surface area contributed by atoms with Crippen LogP contribution < -0.4 is 25.4 Å². The number of rotatable bonds is 8. The number of carbonyl (C=O) groups excluding carboxylic acids is 2. The summed E-state index contributed by atoms with van der Waals surface area (Å²) >= 11 is 0. The monoisotopic (exact) mass is 633 g/mol. The molecule has 2 aliphatic heterocycles. The lowest BCUT2D eigenvalue weighted by atomic mass is 9.99. The van der Waals surface area contributed by atoms with Gasteiger partial charge in [-0.1, -0.05) is 30.3 Å². The summed E-state index contributed by atoms with van der Waals surface area (Å²) in [6.45, 7) is 0.452. The Labute approximate surface area is 264 Å². The summed E-state index contributed by atoms with van der Waals surface area (Å²) < 4.78 is 47.2. The van der Waals surface area contributed by atoms with E-state index < -0.39 is 24.4 Å². The summed E-state index contributed by atoms with van der Waals surface area (Å²) in [4.78, 5) is 33.4. The molecule has 6 rings (SSSR count). The van der Waals surface area contributed by atoms with Crippen molar-refractivity contribution in [2.45, 2.75) is 44.4 Å². The first-order chi connectivity index (χ1) is 22.1. The quantitative estimate of drug-likeness (QED) is 0.247. The van der Waals surface area contributed by atoms with E-state index >= 15 is 0 Å². The summed E-state index contributed by atoms with van der Waals surface area (Å²) in [5.74, 6) is -0.428. The SMILES string of the molecule is COc1ccc2cc1Nc1ccc(cc1)C[C@H](NCc1ccncc1)C(=O)N(C)[C@H](C(=O)NCc1ccc(OC(F)(F)F)cc1)C2. The van der Waals surface area contributed by atoms with E-state index in [0.717, 1.165) is 22.4 Å². The number of amides is 2. The normalized spacial score (nSPS) is 16.7. The highest BCUT2D eigenvalue weighted by molar-refractivity contribution is 5.90. The molecule has 0 fully saturated rings. The zero-order chi connectivity index (χ0) is 32.7. The van der Waals surface area contributed by atoms with Gasteiger partial charge in [0.05, 0.1) is 18.8 Å². The van der Waals surface area contributed by atoms with Crippen LogP contribution in [0.1, 0.15) is 22.3 Å². The molecule has 3 N–H and O–H groups in total. The fourth-order valence-electron chi connectivity index (χ4n) is 5.23. The maximum atomic E-state index is 14.1. The van der Waals surface area contributed by atoms with Crippen molar-refractivity contribution in [2.24, 2.45) is 0 Å². The molecule has 2 amide bonds. The minimum absolute atomic E-state index is 0.0363. The van der Waals surface area contributed by atoms with E-state index in [4.69, 9.17) is 4.74 Å². The lowest BCUT2D eigenvalue weighted by Gasteiger charge is -2.32. The number of alkyl halides is 3. The second-order valence-electron chi connectivity index (χ2n) is 10.9. The standard InChI is InChI=1S/C34H34F3N5O4/c1-42-30(32(43)40-21-23-5-10-27(11-6-23)46-34(35,36)37)19-25-7-12-31(45-2)28(18-25)41-26-8-3-22(4-9-26)17-29(33(42)44)39-20-24-13-15-38-16-14-24/h3-16,18,29-30,39,41H,17,19-21H2,1-2H3,(H,40,43)/t29-,30-/m0/s1. The Morgan fingerprint density at radius 1 is 0.935 bits per heavy atom. The summed E-state index contributed by atoms with van der Waals surface area (Å²) in [6, 6.07) is 20.7. The minimum Gasteiger partial charge on any atom is -0.495 e. The Bertz CT molecular complexity index is 1630. The molecule has 0 saturated heterocycles. The number of nitrogens with zero attached hydrogens (tertiary/aromatic N) is 2. The topological polar surface area (TPSA) is 105 Å². The first-order valence-corrected chi connectivity index (χ1v) is 14.6. The first-order valence-electron chi connectivity index (χ1n) is 14.6. The molecule has 9 nitrogen and oxygen atoms in total. The number of nitrogens with one attached hydrogen (secondary N) is 3. The smallest absolute Gasteiger partial charge is 0.495 e. The number of halogens is 3. The molecule has 0 unspecified atom stereocenters. The van der Waals surface area contributed by atoms with Gasteiger partial charge in [-0.3, -0.25) is 14.6 Å². The van der Waals surface area contributed by atoms with Crippen molar-refractivity contribution in [1.29, 1.82) is 0 Å². The van der Waals surface area contributed by atoms with E-state index in [0.29, 0.717) is 30.0 Å². The molecule has 2 atom stereocenters. The molecule has 12 heteroatoms. The van der Waals surface area contributed by atoms with Gasteiger partial charge in [0, 0.05) is 44.6 Å². The van der Waals surface area contributed by atoms with Crippen LogP contribution in [0.3, 0.4) is 0 Å². The molecule has 1 aromatic heterocycles. The largest absolute Gasteiger partial charge is 0.573 e. The summed E-state index contributed by atoms with van der Waals surface area (Å²) in [5.41, 5.74) is 4.77. The number of pyridine rings is 1. The Hall–Kier alpha value is -5.10. The van der Waals surface area contributed by atoms with Gasteiger partial charge in [0.15, 0.2) is 0 Å². The van der Waals surface area contributed by atoms with Gasteiger partial charge in [-0.25, -0.2) is 0 Å². The number of methoxy groups -OCH3 is 1. The van der Waals surface area contributed by atoms with E-state index in [1.165, 1.54) is 29.2 Å². The van der Waals surface area contributed by atoms with Gasteiger partial charge in [0.25, 0.3) is 0 Å². The molecule has 3 aromatic carbocycles. The maximum absolute atomic E-state index is 14.1. The Morgan fingerprint density at radius 2 is 1.61 bits per heavy atom. The molecule has 4 bridgehead atoms. The van der Waals surface area contributed by atoms with Crippen LogP contribution in [-0.2, 0) is 35.5 Å². The molecule has 0 spiro atoms. The highest BCUT2D eigenvalue weighted by atomic mass is 19.4. The summed E-state index contributed by atoms with van der Waals surface area (Å²) in [6.07, 6.45) is -0.859. The molecule has 0 saturated carbocycles. The number of aromatic nitrogens is 1. The van der Waals surface area contributed by atoms with Crippen LogP contribution in [0.25, 0.3) is 0 Å². The number of fused-ring (bicyclic) bond motifs is 7. The van der Waals surface area contributed by atoms with Gasteiger partial charge in [-0.15, -0.1) is 13.2 Å². The molecule has 4 aromatic rings. The van der Waals surface area contributed by atoms with E-state index in [1.807, 2.05) is 48.5 Å². The van der Waals surface area contributed by atoms with E-state index in [-0.39, 0.29) is 24.6 Å². The number of anilines is 2. The van der Waals surface area contributed by atoms with Crippen molar-refractivity contribution in [3.8, 4) is 11.5 Å². The van der Waals surface area contributed by atoms with Crippen molar-refractivity contribution >= 4 is 23.2 Å². The Morgan fingerprint density at radius 3 is 2.28 bits per heavy atom. The summed E-state index contributed by atoms with van der Waals surface area (Å²) in [5, 5.41) is 9.61. The number of likely N-dealkylation sites (N-methyl/N-ethyl adjacent to an activating group) is 1. The minimum atomic E-state index is -4.80. The second kappa shape index (κ2) is 14.3.